The first-order valence-corrected chi connectivity index (χ1v) is 13.2. The summed E-state index contributed by atoms with van der Waals surface area (Å²) in [5, 5.41) is 4.71. The number of likely N-dealkylation sites (N-methyl/N-ethyl adjacent to an activating group) is 1. The molecule has 1 fully saturated rings. The van der Waals surface area contributed by atoms with Crippen LogP contribution in [0.15, 0.2) is 34.1 Å². The van der Waals surface area contributed by atoms with Crippen LogP contribution in [0.25, 0.3) is 16.9 Å². The zero-order valence-electron chi connectivity index (χ0n) is 20.2. The van der Waals surface area contributed by atoms with Crippen molar-refractivity contribution in [3.8, 4) is 17.1 Å². The number of ether oxygens (including phenoxy) is 1. The summed E-state index contributed by atoms with van der Waals surface area (Å²) in [5.74, 6) is 1.48. The lowest BCUT2D eigenvalue weighted by atomic mass is 10.2. The number of hydrogen-bond acceptors (Lipinski definition) is 7. The normalized spacial score (nSPS) is 15.8. The zero-order chi connectivity index (χ0) is 24.5. The fraction of sp³-hybridized carbons (Fsp3) is 0.522. The zero-order valence-corrected chi connectivity index (χ0v) is 21.0. The molecule has 3 heterocycles. The standard InChI is InChI=1S/C23H32N6O4S/c1-5-8-21-24-16-19-23(30)26(4)22(25-29(19)21)18-15-17(9-10-20(18)33-7-3)34(31,32)28-13-11-27(6-2)12-14-28/h9-10,15-16H,5-8,11-14H2,1-4H3. The molecule has 0 amide bonds. The highest BCUT2D eigenvalue weighted by Crippen LogP contribution is 2.32. The highest BCUT2D eigenvalue weighted by Gasteiger charge is 2.29. The SMILES string of the molecule is CCCc1ncc2c(=O)n(C)c(-c3cc(S(=O)(=O)N4CCN(CC)CC4)ccc3OCC)nn12. The minimum Gasteiger partial charge on any atom is -0.493 e. The fourth-order valence-electron chi connectivity index (χ4n) is 4.26. The van der Waals surface area contributed by atoms with Crippen LogP contribution >= 0.6 is 0 Å². The first-order chi connectivity index (χ1) is 16.3. The Balaban J connectivity index is 1.84. The van der Waals surface area contributed by atoms with Crippen LogP contribution in [0.3, 0.4) is 0 Å². The van der Waals surface area contributed by atoms with Gasteiger partial charge >= 0.3 is 0 Å². The summed E-state index contributed by atoms with van der Waals surface area (Å²) >= 11 is 0. The largest absolute Gasteiger partial charge is 0.493 e. The number of sulfonamides is 1. The molecule has 1 aliphatic rings. The fourth-order valence-corrected chi connectivity index (χ4v) is 5.71. The molecule has 4 rings (SSSR count). The van der Waals surface area contributed by atoms with Crippen molar-refractivity contribution in [2.75, 3.05) is 39.3 Å². The maximum absolute atomic E-state index is 13.5. The monoisotopic (exact) mass is 488 g/mol. The number of rotatable bonds is 8. The molecule has 34 heavy (non-hydrogen) atoms. The number of benzene rings is 1. The van der Waals surface area contributed by atoms with Crippen molar-refractivity contribution in [2.24, 2.45) is 7.05 Å². The van der Waals surface area contributed by atoms with Crippen molar-refractivity contribution in [1.82, 2.24) is 28.4 Å². The van der Waals surface area contributed by atoms with Crippen molar-refractivity contribution in [1.29, 1.82) is 0 Å². The summed E-state index contributed by atoms with van der Waals surface area (Å²) in [4.78, 5) is 19.8. The Morgan fingerprint density at radius 2 is 1.82 bits per heavy atom. The molecule has 0 spiro atoms. The third-order valence-corrected chi connectivity index (χ3v) is 8.12. The van der Waals surface area contributed by atoms with E-state index < -0.39 is 10.0 Å². The predicted molar refractivity (Wildman–Crippen MR) is 130 cm³/mol. The second-order valence-corrected chi connectivity index (χ2v) is 10.3. The second-order valence-electron chi connectivity index (χ2n) is 8.34. The molecule has 184 valence electrons. The quantitative estimate of drug-likeness (QED) is 0.476. The first-order valence-electron chi connectivity index (χ1n) is 11.7. The van der Waals surface area contributed by atoms with Gasteiger partial charge in [0.05, 0.1) is 23.3 Å². The number of aryl methyl sites for hydroxylation is 1. The van der Waals surface area contributed by atoms with Crippen molar-refractivity contribution in [2.45, 2.75) is 38.5 Å². The van der Waals surface area contributed by atoms with Crippen LogP contribution in [0.5, 0.6) is 5.75 Å². The Bertz CT molecular complexity index is 1340. The Kier molecular flexibility index (Phi) is 7.06. The van der Waals surface area contributed by atoms with Crippen molar-refractivity contribution >= 4 is 15.5 Å². The highest BCUT2D eigenvalue weighted by atomic mass is 32.2. The van der Waals surface area contributed by atoms with Crippen LogP contribution in [0.2, 0.25) is 0 Å². The Morgan fingerprint density at radius 3 is 2.47 bits per heavy atom. The van der Waals surface area contributed by atoms with Gasteiger partial charge in [-0.15, -0.1) is 5.10 Å². The molecule has 11 heteroatoms. The van der Waals surface area contributed by atoms with E-state index in [1.807, 2.05) is 13.8 Å². The average molecular weight is 489 g/mol. The maximum Gasteiger partial charge on any atom is 0.279 e. The van der Waals surface area contributed by atoms with Gasteiger partial charge in [-0.1, -0.05) is 13.8 Å². The van der Waals surface area contributed by atoms with Gasteiger partial charge in [0, 0.05) is 39.6 Å². The van der Waals surface area contributed by atoms with E-state index in [0.717, 1.165) is 13.0 Å². The molecule has 3 aromatic rings. The molecule has 10 nitrogen and oxygen atoms in total. The Morgan fingerprint density at radius 1 is 1.09 bits per heavy atom. The van der Waals surface area contributed by atoms with Gasteiger partial charge in [-0.2, -0.15) is 4.31 Å². The predicted octanol–water partition coefficient (Wildman–Crippen LogP) is 1.77. The van der Waals surface area contributed by atoms with Gasteiger partial charge in [-0.25, -0.2) is 17.9 Å². The molecule has 1 aromatic carbocycles. The van der Waals surface area contributed by atoms with Crippen molar-refractivity contribution in [3.05, 3.63) is 40.6 Å². The van der Waals surface area contributed by atoms with E-state index in [0.29, 0.717) is 67.7 Å². The summed E-state index contributed by atoms with van der Waals surface area (Å²) in [6, 6.07) is 4.77. The molecular weight excluding hydrogens is 456 g/mol. The third-order valence-electron chi connectivity index (χ3n) is 6.23. The molecule has 0 aliphatic carbocycles. The van der Waals surface area contributed by atoms with E-state index in [1.54, 1.807) is 29.8 Å². The Hall–Kier alpha value is -2.76. The summed E-state index contributed by atoms with van der Waals surface area (Å²) < 4.78 is 37.2. The van der Waals surface area contributed by atoms with Crippen molar-refractivity contribution < 1.29 is 13.2 Å². The van der Waals surface area contributed by atoms with Crippen LogP contribution in [0.1, 0.15) is 33.0 Å². The lowest BCUT2D eigenvalue weighted by molar-refractivity contribution is 0.196. The smallest absolute Gasteiger partial charge is 0.279 e. The summed E-state index contributed by atoms with van der Waals surface area (Å²) in [5.41, 5.74) is 0.573. The molecule has 0 saturated carbocycles. The van der Waals surface area contributed by atoms with Crippen LogP contribution in [-0.2, 0) is 23.5 Å². The van der Waals surface area contributed by atoms with Gasteiger partial charge in [0.1, 0.15) is 11.6 Å². The van der Waals surface area contributed by atoms with Crippen LogP contribution in [-0.4, -0.2) is 76.1 Å². The lowest BCUT2D eigenvalue weighted by Gasteiger charge is -2.33. The lowest BCUT2D eigenvalue weighted by Crippen LogP contribution is -2.48. The molecule has 1 saturated heterocycles. The number of imidazole rings is 1. The number of piperazine rings is 1. The van der Waals surface area contributed by atoms with Gasteiger partial charge in [-0.05, 0) is 38.1 Å². The van der Waals surface area contributed by atoms with Crippen LogP contribution < -0.4 is 10.3 Å². The molecule has 0 radical (unpaired) electrons. The number of hydrogen-bond donors (Lipinski definition) is 0. The summed E-state index contributed by atoms with van der Waals surface area (Å²) in [6.07, 6.45) is 3.06. The third kappa shape index (κ3) is 4.35. The topological polar surface area (TPSA) is 102 Å². The maximum atomic E-state index is 13.5. The molecule has 0 N–H and O–H groups in total. The second kappa shape index (κ2) is 9.85. The number of aromatic nitrogens is 4. The molecule has 0 atom stereocenters. The van der Waals surface area contributed by atoms with Crippen LogP contribution in [0, 0.1) is 0 Å². The highest BCUT2D eigenvalue weighted by molar-refractivity contribution is 7.89. The molecule has 1 aliphatic heterocycles. The van der Waals surface area contributed by atoms with Crippen LogP contribution in [0.4, 0.5) is 0 Å². The van der Waals surface area contributed by atoms with E-state index in [9.17, 15) is 13.2 Å². The van der Waals surface area contributed by atoms with E-state index in [2.05, 4.69) is 16.8 Å². The minimum atomic E-state index is -3.71. The first kappa shape index (κ1) is 24.4. The van der Waals surface area contributed by atoms with E-state index in [1.165, 1.54) is 15.1 Å². The molecular formula is C23H32N6O4S. The minimum absolute atomic E-state index is 0.157. The van der Waals surface area contributed by atoms with Gasteiger partial charge in [0.15, 0.2) is 11.3 Å². The molecule has 0 unspecified atom stereocenters. The molecule has 0 bridgehead atoms. The van der Waals surface area contributed by atoms with Gasteiger partial charge < -0.3 is 9.64 Å². The Labute approximate surface area is 199 Å². The summed E-state index contributed by atoms with van der Waals surface area (Å²) in [6.45, 7) is 9.53. The van der Waals surface area contributed by atoms with Gasteiger partial charge in [0.2, 0.25) is 10.0 Å². The number of nitrogens with zero attached hydrogens (tertiary/aromatic N) is 6. The summed E-state index contributed by atoms with van der Waals surface area (Å²) in [7, 11) is -2.09. The van der Waals surface area contributed by atoms with E-state index >= 15 is 0 Å². The van der Waals surface area contributed by atoms with Gasteiger partial charge in [-0.3, -0.25) is 9.36 Å². The van der Waals surface area contributed by atoms with E-state index in [-0.39, 0.29) is 10.5 Å². The average Bonchev–Trinajstić information content (AvgIpc) is 3.25. The van der Waals surface area contributed by atoms with E-state index in [4.69, 9.17) is 9.84 Å². The van der Waals surface area contributed by atoms with Crippen molar-refractivity contribution in [3.63, 3.8) is 0 Å². The number of fused-ring (bicyclic) bond motifs is 1. The van der Waals surface area contributed by atoms with Gasteiger partial charge in [0.25, 0.3) is 5.56 Å². The molecule has 2 aromatic heterocycles.